The molecule has 0 bridgehead atoms. The molecule has 1 aromatic rings. The van der Waals surface area contributed by atoms with Gasteiger partial charge in [-0.25, -0.2) is 0 Å². The minimum Gasteiger partial charge on any atom is -0.507 e. The highest BCUT2D eigenvalue weighted by Gasteiger charge is 2.25. The fourth-order valence-electron chi connectivity index (χ4n) is 2.81. The molecule has 2 rings (SSSR count). The first-order chi connectivity index (χ1) is 8.39. The number of aryl methyl sites for hydroxylation is 1. The molecule has 0 amide bonds. The number of hydrogen-bond acceptors (Lipinski definition) is 2. The normalized spacial score (nSPS) is 21.0. The highest BCUT2D eigenvalue weighted by atomic mass is 16.3. The van der Waals surface area contributed by atoms with Crippen molar-refractivity contribution in [1.29, 1.82) is 0 Å². The van der Waals surface area contributed by atoms with Crippen molar-refractivity contribution in [3.05, 3.63) is 28.8 Å². The van der Waals surface area contributed by atoms with E-state index in [9.17, 15) is 5.11 Å². The van der Waals surface area contributed by atoms with E-state index in [1.807, 2.05) is 0 Å². The predicted octanol–water partition coefficient (Wildman–Crippen LogP) is 3.47. The van der Waals surface area contributed by atoms with E-state index in [4.69, 9.17) is 0 Å². The minimum atomic E-state index is -0.00700. The van der Waals surface area contributed by atoms with Crippen LogP contribution in [0.25, 0.3) is 0 Å². The molecule has 1 aliphatic rings. The Balaban J connectivity index is 2.44. The molecule has 0 aromatic heterocycles. The number of nitrogens with one attached hydrogen (secondary N) is 1. The van der Waals surface area contributed by atoms with Crippen molar-refractivity contribution in [2.75, 3.05) is 13.1 Å². The van der Waals surface area contributed by atoms with Gasteiger partial charge < -0.3 is 10.4 Å². The van der Waals surface area contributed by atoms with Crippen molar-refractivity contribution in [2.45, 2.75) is 51.9 Å². The van der Waals surface area contributed by atoms with E-state index in [0.717, 1.165) is 24.2 Å². The van der Waals surface area contributed by atoms with Gasteiger partial charge in [-0.2, -0.15) is 0 Å². The molecule has 1 aromatic carbocycles. The molecule has 1 unspecified atom stereocenters. The Morgan fingerprint density at radius 2 is 2.00 bits per heavy atom. The number of phenolic OH excluding ortho intramolecular Hbond substituents is 1. The molecule has 1 aliphatic heterocycles. The minimum absolute atomic E-state index is 0.00700. The zero-order valence-electron chi connectivity index (χ0n) is 12.0. The van der Waals surface area contributed by atoms with Crippen LogP contribution in [-0.4, -0.2) is 18.2 Å². The Morgan fingerprint density at radius 3 is 2.56 bits per heavy atom. The van der Waals surface area contributed by atoms with Crippen LogP contribution in [0.5, 0.6) is 5.75 Å². The molecule has 0 spiro atoms. The predicted molar refractivity (Wildman–Crippen MR) is 76.4 cm³/mol. The molecule has 1 atom stereocenters. The monoisotopic (exact) mass is 247 g/mol. The largest absolute Gasteiger partial charge is 0.507 e. The molecule has 18 heavy (non-hydrogen) atoms. The topological polar surface area (TPSA) is 32.3 Å². The van der Waals surface area contributed by atoms with Gasteiger partial charge in [0, 0.05) is 12.5 Å². The van der Waals surface area contributed by atoms with Crippen LogP contribution in [0.3, 0.4) is 0 Å². The van der Waals surface area contributed by atoms with Gasteiger partial charge in [0.05, 0.1) is 0 Å². The number of phenols is 1. The van der Waals surface area contributed by atoms with Gasteiger partial charge in [-0.3, -0.25) is 0 Å². The molecule has 0 saturated carbocycles. The van der Waals surface area contributed by atoms with Crippen LogP contribution in [0, 0.1) is 6.92 Å². The summed E-state index contributed by atoms with van der Waals surface area (Å²) in [6, 6.07) is 4.28. The Bertz CT molecular complexity index is 425. The van der Waals surface area contributed by atoms with Gasteiger partial charge in [0.15, 0.2) is 0 Å². The fourth-order valence-corrected chi connectivity index (χ4v) is 2.81. The van der Waals surface area contributed by atoms with Crippen LogP contribution >= 0.6 is 0 Å². The zero-order chi connectivity index (χ0) is 13.3. The average Bonchev–Trinajstić information content (AvgIpc) is 2.31. The van der Waals surface area contributed by atoms with Gasteiger partial charge in [-0.15, -0.1) is 0 Å². The fraction of sp³-hybridized carbons (Fsp3) is 0.625. The lowest BCUT2D eigenvalue weighted by molar-refractivity contribution is 0.411. The van der Waals surface area contributed by atoms with Gasteiger partial charge in [-0.1, -0.05) is 38.5 Å². The highest BCUT2D eigenvalue weighted by Crippen LogP contribution is 2.39. The molecule has 1 saturated heterocycles. The number of aromatic hydroxyl groups is 1. The molecule has 2 heteroatoms. The first-order valence-corrected chi connectivity index (χ1v) is 6.94. The van der Waals surface area contributed by atoms with Crippen molar-refractivity contribution in [3.63, 3.8) is 0 Å². The third kappa shape index (κ3) is 2.69. The third-order valence-electron chi connectivity index (χ3n) is 3.83. The van der Waals surface area contributed by atoms with Crippen LogP contribution in [0.2, 0.25) is 0 Å². The molecule has 1 fully saturated rings. The quantitative estimate of drug-likeness (QED) is 0.796. The second kappa shape index (κ2) is 4.93. The molecule has 0 aliphatic carbocycles. The van der Waals surface area contributed by atoms with E-state index < -0.39 is 0 Å². The number of rotatable bonds is 1. The first-order valence-electron chi connectivity index (χ1n) is 6.94. The zero-order valence-corrected chi connectivity index (χ0v) is 12.0. The van der Waals surface area contributed by atoms with Crippen molar-refractivity contribution in [1.82, 2.24) is 5.32 Å². The van der Waals surface area contributed by atoms with Crippen molar-refractivity contribution >= 4 is 0 Å². The highest BCUT2D eigenvalue weighted by molar-refractivity contribution is 5.48. The van der Waals surface area contributed by atoms with Crippen molar-refractivity contribution in [2.24, 2.45) is 0 Å². The number of piperidine rings is 1. The van der Waals surface area contributed by atoms with E-state index in [0.29, 0.717) is 11.7 Å². The van der Waals surface area contributed by atoms with E-state index >= 15 is 0 Å². The summed E-state index contributed by atoms with van der Waals surface area (Å²) in [7, 11) is 0. The Labute approximate surface area is 110 Å². The molecular weight excluding hydrogens is 222 g/mol. The molecule has 100 valence electrons. The average molecular weight is 247 g/mol. The van der Waals surface area contributed by atoms with Crippen LogP contribution in [0.1, 0.15) is 56.2 Å². The van der Waals surface area contributed by atoms with E-state index in [1.54, 1.807) is 0 Å². The lowest BCUT2D eigenvalue weighted by atomic mass is 9.81. The van der Waals surface area contributed by atoms with Gasteiger partial charge in [-0.05, 0) is 42.9 Å². The lowest BCUT2D eigenvalue weighted by Gasteiger charge is -2.28. The summed E-state index contributed by atoms with van der Waals surface area (Å²) in [5.41, 5.74) is 3.45. The van der Waals surface area contributed by atoms with Crippen molar-refractivity contribution in [3.8, 4) is 5.75 Å². The summed E-state index contributed by atoms with van der Waals surface area (Å²) in [5.74, 6) is 0.974. The van der Waals surface area contributed by atoms with Crippen LogP contribution in [-0.2, 0) is 5.41 Å². The summed E-state index contributed by atoms with van der Waals surface area (Å²) in [4.78, 5) is 0. The summed E-state index contributed by atoms with van der Waals surface area (Å²) in [5, 5.41) is 14.0. The van der Waals surface area contributed by atoms with Crippen molar-refractivity contribution < 1.29 is 5.11 Å². The maximum absolute atomic E-state index is 10.6. The maximum Gasteiger partial charge on any atom is 0.122 e. The second-order valence-corrected chi connectivity index (χ2v) is 6.54. The summed E-state index contributed by atoms with van der Waals surface area (Å²) >= 11 is 0. The van der Waals surface area contributed by atoms with Gasteiger partial charge >= 0.3 is 0 Å². The third-order valence-corrected chi connectivity index (χ3v) is 3.83. The molecule has 0 radical (unpaired) electrons. The van der Waals surface area contributed by atoms with Crippen LogP contribution in [0.4, 0.5) is 0 Å². The first kappa shape index (κ1) is 13.4. The smallest absolute Gasteiger partial charge is 0.122 e. The van der Waals surface area contributed by atoms with Crippen LogP contribution < -0.4 is 5.32 Å². The number of hydrogen-bond donors (Lipinski definition) is 2. The molecule has 1 heterocycles. The number of benzene rings is 1. The Hall–Kier alpha value is -1.02. The molecular formula is C16H25NO. The van der Waals surface area contributed by atoms with E-state index in [-0.39, 0.29) is 5.41 Å². The standard InChI is InChI=1S/C16H25NO/c1-11-8-13(12-6-5-7-17-10-12)15(18)14(9-11)16(2,3)4/h8-9,12,17-18H,5-7,10H2,1-4H3. The molecule has 2 nitrogen and oxygen atoms in total. The summed E-state index contributed by atoms with van der Waals surface area (Å²) in [6.45, 7) is 10.7. The van der Waals surface area contributed by atoms with Gasteiger partial charge in [0.1, 0.15) is 5.75 Å². The molecule has 2 N–H and O–H groups in total. The van der Waals surface area contributed by atoms with E-state index in [2.05, 4.69) is 45.1 Å². The maximum atomic E-state index is 10.6. The Kier molecular flexibility index (Phi) is 3.67. The Morgan fingerprint density at radius 1 is 1.28 bits per heavy atom. The van der Waals surface area contributed by atoms with Gasteiger partial charge in [0.25, 0.3) is 0 Å². The van der Waals surface area contributed by atoms with Crippen LogP contribution in [0.15, 0.2) is 12.1 Å². The van der Waals surface area contributed by atoms with Gasteiger partial charge in [0.2, 0.25) is 0 Å². The lowest BCUT2D eigenvalue weighted by Crippen LogP contribution is -2.28. The summed E-state index contributed by atoms with van der Waals surface area (Å²) in [6.07, 6.45) is 2.37. The summed E-state index contributed by atoms with van der Waals surface area (Å²) < 4.78 is 0. The van der Waals surface area contributed by atoms with E-state index in [1.165, 1.54) is 18.4 Å². The SMILES string of the molecule is Cc1cc(C2CCCNC2)c(O)c(C(C)(C)C)c1. The second-order valence-electron chi connectivity index (χ2n) is 6.54.